The van der Waals surface area contributed by atoms with Crippen molar-refractivity contribution in [3.63, 3.8) is 0 Å². The van der Waals surface area contributed by atoms with Gasteiger partial charge in [-0.2, -0.15) is 0 Å². The first-order valence-corrected chi connectivity index (χ1v) is 7.41. The fourth-order valence-electron chi connectivity index (χ4n) is 2.51. The lowest BCUT2D eigenvalue weighted by atomic mass is 9.93. The number of hydrogen-bond acceptors (Lipinski definition) is 3. The molecule has 19 heavy (non-hydrogen) atoms. The molecule has 0 aliphatic heterocycles. The minimum atomic E-state index is -0.0798. The van der Waals surface area contributed by atoms with E-state index in [2.05, 4.69) is 24.4 Å². The number of rotatable bonds is 6. The highest BCUT2D eigenvalue weighted by Crippen LogP contribution is 2.19. The summed E-state index contributed by atoms with van der Waals surface area (Å²) in [6, 6.07) is 8.84. The van der Waals surface area contributed by atoms with Crippen LogP contribution >= 0.6 is 0 Å². The molecule has 1 fully saturated rings. The van der Waals surface area contributed by atoms with Gasteiger partial charge in [-0.15, -0.1) is 0 Å². The van der Waals surface area contributed by atoms with E-state index in [0.717, 1.165) is 51.0 Å². The highest BCUT2D eigenvalue weighted by Gasteiger charge is 2.18. The molecule has 2 rings (SSSR count). The summed E-state index contributed by atoms with van der Waals surface area (Å²) < 4.78 is 5.64. The van der Waals surface area contributed by atoms with Crippen molar-refractivity contribution in [1.29, 1.82) is 0 Å². The normalized spacial score (nSPS) is 23.3. The average Bonchev–Trinajstić information content (AvgIpc) is 2.45. The second kappa shape index (κ2) is 7.51. The monoisotopic (exact) mass is 263 g/mol. The Labute approximate surface area is 116 Å². The molecule has 0 spiro atoms. The van der Waals surface area contributed by atoms with E-state index in [9.17, 15) is 5.11 Å². The molecule has 0 radical (unpaired) electrons. The SMILES string of the molecule is CCCOc1cccc(CNC2CCC(O)CC2)c1. The molecule has 0 saturated heterocycles. The molecule has 1 aromatic rings. The van der Waals surface area contributed by atoms with Crippen LogP contribution in [-0.2, 0) is 6.54 Å². The molecule has 0 unspecified atom stereocenters. The summed E-state index contributed by atoms with van der Waals surface area (Å²) in [5, 5.41) is 13.1. The molecule has 1 aromatic carbocycles. The van der Waals surface area contributed by atoms with Crippen molar-refractivity contribution in [3.8, 4) is 5.75 Å². The van der Waals surface area contributed by atoms with Gasteiger partial charge in [-0.25, -0.2) is 0 Å². The summed E-state index contributed by atoms with van der Waals surface area (Å²) in [7, 11) is 0. The van der Waals surface area contributed by atoms with Gasteiger partial charge >= 0.3 is 0 Å². The summed E-state index contributed by atoms with van der Waals surface area (Å²) in [6.07, 6.45) is 4.96. The van der Waals surface area contributed by atoms with Crippen LogP contribution in [0.4, 0.5) is 0 Å². The number of ether oxygens (including phenoxy) is 1. The Kier molecular flexibility index (Phi) is 5.67. The van der Waals surface area contributed by atoms with Gasteiger partial charge in [0, 0.05) is 12.6 Å². The summed E-state index contributed by atoms with van der Waals surface area (Å²) in [5.41, 5.74) is 1.26. The lowest BCUT2D eigenvalue weighted by molar-refractivity contribution is 0.116. The van der Waals surface area contributed by atoms with Crippen molar-refractivity contribution in [2.24, 2.45) is 0 Å². The van der Waals surface area contributed by atoms with Gasteiger partial charge < -0.3 is 15.2 Å². The second-order valence-corrected chi connectivity index (χ2v) is 5.38. The van der Waals surface area contributed by atoms with Crippen LogP contribution in [0.15, 0.2) is 24.3 Å². The molecule has 1 aliphatic rings. The van der Waals surface area contributed by atoms with Crippen LogP contribution in [0.2, 0.25) is 0 Å². The van der Waals surface area contributed by atoms with Crippen molar-refractivity contribution in [1.82, 2.24) is 5.32 Å². The molecule has 0 bridgehead atoms. The lowest BCUT2D eigenvalue weighted by Crippen LogP contribution is -2.34. The maximum atomic E-state index is 9.49. The van der Waals surface area contributed by atoms with Gasteiger partial charge in [0.25, 0.3) is 0 Å². The Hall–Kier alpha value is -1.06. The molecule has 1 aliphatic carbocycles. The van der Waals surface area contributed by atoms with E-state index < -0.39 is 0 Å². The standard InChI is InChI=1S/C16H25NO2/c1-2-10-19-16-5-3-4-13(11-16)12-17-14-6-8-15(18)9-7-14/h3-5,11,14-15,17-18H,2,6-10,12H2,1H3. The van der Waals surface area contributed by atoms with Gasteiger partial charge in [0.05, 0.1) is 12.7 Å². The van der Waals surface area contributed by atoms with Crippen molar-refractivity contribution in [3.05, 3.63) is 29.8 Å². The molecular formula is C16H25NO2. The molecule has 0 amide bonds. The van der Waals surface area contributed by atoms with E-state index in [1.165, 1.54) is 5.56 Å². The predicted octanol–water partition coefficient (Wildman–Crippen LogP) is 2.87. The van der Waals surface area contributed by atoms with Crippen molar-refractivity contribution in [2.45, 2.75) is 57.7 Å². The highest BCUT2D eigenvalue weighted by molar-refractivity contribution is 5.28. The fraction of sp³-hybridized carbons (Fsp3) is 0.625. The molecule has 1 saturated carbocycles. The Morgan fingerprint density at radius 3 is 2.79 bits per heavy atom. The maximum Gasteiger partial charge on any atom is 0.119 e. The van der Waals surface area contributed by atoms with E-state index >= 15 is 0 Å². The predicted molar refractivity (Wildman–Crippen MR) is 77.3 cm³/mol. The van der Waals surface area contributed by atoms with Gasteiger partial charge in [-0.3, -0.25) is 0 Å². The molecule has 3 heteroatoms. The van der Waals surface area contributed by atoms with Gasteiger partial charge in [-0.1, -0.05) is 19.1 Å². The van der Waals surface area contributed by atoms with Crippen LogP contribution in [0, 0.1) is 0 Å². The molecule has 2 N–H and O–H groups in total. The number of aliphatic hydroxyl groups is 1. The van der Waals surface area contributed by atoms with E-state index in [-0.39, 0.29) is 6.10 Å². The zero-order valence-corrected chi connectivity index (χ0v) is 11.8. The Balaban J connectivity index is 1.78. The Morgan fingerprint density at radius 1 is 1.26 bits per heavy atom. The van der Waals surface area contributed by atoms with Crippen LogP contribution < -0.4 is 10.1 Å². The minimum absolute atomic E-state index is 0.0798. The van der Waals surface area contributed by atoms with E-state index in [1.54, 1.807) is 0 Å². The van der Waals surface area contributed by atoms with Gasteiger partial charge in [0.1, 0.15) is 5.75 Å². The zero-order chi connectivity index (χ0) is 13.5. The first kappa shape index (κ1) is 14.4. The van der Waals surface area contributed by atoms with Crippen LogP contribution in [0.25, 0.3) is 0 Å². The van der Waals surface area contributed by atoms with Gasteiger partial charge in [0.15, 0.2) is 0 Å². The quantitative estimate of drug-likeness (QED) is 0.829. The largest absolute Gasteiger partial charge is 0.494 e. The zero-order valence-electron chi connectivity index (χ0n) is 11.8. The van der Waals surface area contributed by atoms with E-state index in [1.807, 2.05) is 12.1 Å². The van der Waals surface area contributed by atoms with Crippen molar-refractivity contribution >= 4 is 0 Å². The molecule has 0 atom stereocenters. The number of aliphatic hydroxyl groups excluding tert-OH is 1. The third-order valence-electron chi connectivity index (χ3n) is 3.66. The molecular weight excluding hydrogens is 238 g/mol. The number of nitrogens with one attached hydrogen (secondary N) is 1. The Morgan fingerprint density at radius 2 is 2.05 bits per heavy atom. The van der Waals surface area contributed by atoms with Gasteiger partial charge in [0.2, 0.25) is 0 Å². The van der Waals surface area contributed by atoms with Crippen molar-refractivity contribution < 1.29 is 9.84 Å². The molecule has 0 heterocycles. The van der Waals surface area contributed by atoms with Gasteiger partial charge in [-0.05, 0) is 49.8 Å². The fourth-order valence-corrected chi connectivity index (χ4v) is 2.51. The highest BCUT2D eigenvalue weighted by atomic mass is 16.5. The summed E-state index contributed by atoms with van der Waals surface area (Å²) >= 11 is 0. The van der Waals surface area contributed by atoms with Crippen LogP contribution in [-0.4, -0.2) is 23.9 Å². The van der Waals surface area contributed by atoms with Crippen LogP contribution in [0.1, 0.15) is 44.6 Å². The summed E-state index contributed by atoms with van der Waals surface area (Å²) in [6.45, 7) is 3.77. The first-order chi connectivity index (χ1) is 9.28. The lowest BCUT2D eigenvalue weighted by Gasteiger charge is -2.26. The smallest absolute Gasteiger partial charge is 0.119 e. The average molecular weight is 263 g/mol. The van der Waals surface area contributed by atoms with Crippen LogP contribution in [0.3, 0.4) is 0 Å². The molecule has 0 aromatic heterocycles. The topological polar surface area (TPSA) is 41.5 Å². The van der Waals surface area contributed by atoms with Crippen LogP contribution in [0.5, 0.6) is 5.75 Å². The maximum absolute atomic E-state index is 9.49. The third-order valence-corrected chi connectivity index (χ3v) is 3.66. The first-order valence-electron chi connectivity index (χ1n) is 7.41. The van der Waals surface area contributed by atoms with E-state index in [0.29, 0.717) is 6.04 Å². The second-order valence-electron chi connectivity index (χ2n) is 5.38. The van der Waals surface area contributed by atoms with E-state index in [4.69, 9.17) is 4.74 Å². The number of hydrogen-bond donors (Lipinski definition) is 2. The molecule has 3 nitrogen and oxygen atoms in total. The minimum Gasteiger partial charge on any atom is -0.494 e. The summed E-state index contributed by atoms with van der Waals surface area (Å²) in [4.78, 5) is 0. The van der Waals surface area contributed by atoms with Crippen molar-refractivity contribution in [2.75, 3.05) is 6.61 Å². The Bertz CT molecular complexity index is 373. The summed E-state index contributed by atoms with van der Waals surface area (Å²) in [5.74, 6) is 0.959. The third kappa shape index (κ3) is 4.84. The molecule has 106 valence electrons. The number of benzene rings is 1.